The minimum Gasteiger partial charge on any atom is -0.390 e. The van der Waals surface area contributed by atoms with Crippen LogP contribution in [0.25, 0.3) is 0 Å². The average molecular weight is 222 g/mol. The van der Waals surface area contributed by atoms with Crippen LogP contribution in [0.5, 0.6) is 0 Å². The Kier molecular flexibility index (Phi) is 1.57. The first-order valence-corrected chi connectivity index (χ1v) is 3.53. The van der Waals surface area contributed by atoms with Crippen molar-refractivity contribution in [1.29, 1.82) is 0 Å². The molecule has 3 nitrogen and oxygen atoms in total. The van der Waals surface area contributed by atoms with E-state index in [9.17, 15) is 0 Å². The van der Waals surface area contributed by atoms with Gasteiger partial charge in [-0.15, -0.1) is 0 Å². The lowest BCUT2D eigenvalue weighted by molar-refractivity contribution is 0.265. The van der Waals surface area contributed by atoms with E-state index in [1.165, 1.54) is 12.1 Å². The summed E-state index contributed by atoms with van der Waals surface area (Å²) in [6, 6.07) is 2.41. The van der Waals surface area contributed by atoms with Gasteiger partial charge in [-0.25, -0.2) is 0 Å². The van der Waals surface area contributed by atoms with Gasteiger partial charge in [-0.05, 0) is 12.1 Å². The Morgan fingerprint density at radius 1 is 1.36 bits per heavy atom. The van der Waals surface area contributed by atoms with E-state index in [0.29, 0.717) is 4.47 Å². The smallest absolute Gasteiger partial charge is 0.0853 e. The van der Waals surface area contributed by atoms with Gasteiger partial charge in [0, 0.05) is 4.47 Å². The van der Waals surface area contributed by atoms with Crippen LogP contribution in [-0.2, 0) is 13.1 Å². The number of hydrogen-bond donors (Lipinski definition) is 2. The molecule has 0 saturated carbocycles. The molecular weight excluding hydrogens is 210 g/mol. The fraction of sp³-hybridized carbons (Fsp3) is 0.286. The first-order chi connectivity index (χ1) is 6.60. The van der Waals surface area contributed by atoms with Gasteiger partial charge in [0.2, 0.25) is 0 Å². The van der Waals surface area contributed by atoms with Gasteiger partial charge in [-0.1, -0.05) is 15.9 Å². The molecule has 60 valence electrons. The molecule has 0 saturated heterocycles. The lowest BCUT2D eigenvalue weighted by atomic mass is 10.3. The maximum atomic E-state index is 9.05. The SMILES string of the molecule is [2H]C([2H])(O)c1cc(Br)cc(C([2H])([2H])O)n1. The van der Waals surface area contributed by atoms with Crippen LogP contribution in [0, 0.1) is 0 Å². The Morgan fingerprint density at radius 2 is 1.82 bits per heavy atom. The Morgan fingerprint density at radius 3 is 2.18 bits per heavy atom. The van der Waals surface area contributed by atoms with Crippen molar-refractivity contribution in [3.63, 3.8) is 0 Å². The maximum absolute atomic E-state index is 9.05. The van der Waals surface area contributed by atoms with E-state index in [1.54, 1.807) is 0 Å². The van der Waals surface area contributed by atoms with E-state index in [4.69, 9.17) is 15.7 Å². The fourth-order valence-corrected chi connectivity index (χ4v) is 1.05. The molecule has 0 bridgehead atoms. The number of aromatic nitrogens is 1. The topological polar surface area (TPSA) is 53.4 Å². The average Bonchev–Trinajstić information content (AvgIpc) is 1.99. The normalized spacial score (nSPS) is 18.1. The first-order valence-electron chi connectivity index (χ1n) is 4.74. The molecule has 1 heterocycles. The second-order valence-corrected chi connectivity index (χ2v) is 2.70. The zero-order valence-corrected chi connectivity index (χ0v) is 6.96. The van der Waals surface area contributed by atoms with Crippen LogP contribution >= 0.6 is 15.9 Å². The van der Waals surface area contributed by atoms with Crippen molar-refractivity contribution >= 4 is 15.9 Å². The molecular formula is C7H8BrNO2. The van der Waals surface area contributed by atoms with Crippen molar-refractivity contribution in [3.8, 4) is 0 Å². The van der Waals surface area contributed by atoms with Crippen LogP contribution in [0.3, 0.4) is 0 Å². The Labute approximate surface area is 78.5 Å². The summed E-state index contributed by atoms with van der Waals surface area (Å²) in [4.78, 5) is 3.50. The molecule has 0 fully saturated rings. The zero-order chi connectivity index (χ0) is 11.9. The van der Waals surface area contributed by atoms with Gasteiger partial charge in [0.1, 0.15) is 0 Å². The minimum atomic E-state index is -2.68. The Bertz CT molecular complexity index is 342. The molecule has 0 spiro atoms. The number of pyridine rings is 1. The highest BCUT2D eigenvalue weighted by Gasteiger charge is 1.98. The summed E-state index contributed by atoms with van der Waals surface area (Å²) in [7, 11) is 0. The lowest BCUT2D eigenvalue weighted by Gasteiger charge is -2.00. The molecule has 0 amide bonds. The third kappa shape index (κ3) is 2.25. The quantitative estimate of drug-likeness (QED) is 0.779. The molecule has 0 radical (unpaired) electrons. The molecule has 0 aliphatic carbocycles. The summed E-state index contributed by atoms with van der Waals surface area (Å²) >= 11 is 3.00. The molecule has 0 aliphatic heterocycles. The number of rotatable bonds is 2. The van der Waals surface area contributed by atoms with Crippen LogP contribution in [0.1, 0.15) is 16.9 Å². The summed E-state index contributed by atoms with van der Waals surface area (Å²) < 4.78 is 28.3. The first kappa shape index (κ1) is 4.54. The summed E-state index contributed by atoms with van der Waals surface area (Å²) in [6.45, 7) is -5.35. The number of hydrogen-bond acceptors (Lipinski definition) is 3. The van der Waals surface area contributed by atoms with E-state index in [1.807, 2.05) is 0 Å². The van der Waals surface area contributed by atoms with E-state index in [0.717, 1.165) is 0 Å². The molecule has 1 aromatic heterocycles. The highest BCUT2D eigenvalue weighted by Crippen LogP contribution is 2.12. The maximum Gasteiger partial charge on any atom is 0.0853 e. The number of nitrogens with zero attached hydrogens (tertiary/aromatic N) is 1. The van der Waals surface area contributed by atoms with Crippen LogP contribution in [0.15, 0.2) is 16.6 Å². The van der Waals surface area contributed by atoms with E-state index >= 15 is 0 Å². The van der Waals surface area contributed by atoms with Crippen LogP contribution in [0.2, 0.25) is 0 Å². The van der Waals surface area contributed by atoms with Gasteiger partial charge in [0.15, 0.2) is 0 Å². The van der Waals surface area contributed by atoms with E-state index in [-0.39, 0.29) is 11.4 Å². The van der Waals surface area contributed by atoms with Gasteiger partial charge in [-0.2, -0.15) is 0 Å². The van der Waals surface area contributed by atoms with Crippen molar-refractivity contribution < 1.29 is 15.7 Å². The van der Waals surface area contributed by atoms with Gasteiger partial charge < -0.3 is 10.2 Å². The monoisotopic (exact) mass is 221 g/mol. The van der Waals surface area contributed by atoms with Gasteiger partial charge in [-0.3, -0.25) is 4.98 Å². The van der Waals surface area contributed by atoms with Gasteiger partial charge >= 0.3 is 0 Å². The van der Waals surface area contributed by atoms with Crippen molar-refractivity contribution in [3.05, 3.63) is 28.0 Å². The zero-order valence-electron chi connectivity index (χ0n) is 9.37. The molecule has 11 heavy (non-hydrogen) atoms. The predicted octanol–water partition coefficient (Wildman–Crippen LogP) is 0.829. The van der Waals surface area contributed by atoms with Gasteiger partial charge in [0.05, 0.1) is 30.0 Å². The molecule has 1 aromatic rings. The Balaban J connectivity index is 3.30. The van der Waals surface area contributed by atoms with Crippen LogP contribution < -0.4 is 0 Å². The van der Waals surface area contributed by atoms with Crippen molar-refractivity contribution in [2.75, 3.05) is 0 Å². The third-order valence-corrected chi connectivity index (χ3v) is 1.48. The van der Waals surface area contributed by atoms with Gasteiger partial charge in [0.25, 0.3) is 0 Å². The third-order valence-electron chi connectivity index (χ3n) is 1.02. The van der Waals surface area contributed by atoms with E-state index in [2.05, 4.69) is 20.9 Å². The molecule has 1 rings (SSSR count). The number of aliphatic hydroxyl groups is 2. The molecule has 0 aromatic carbocycles. The Hall–Kier alpha value is -0.450. The van der Waals surface area contributed by atoms with Crippen molar-refractivity contribution in [2.24, 2.45) is 0 Å². The standard InChI is InChI=1S/C7H8BrNO2/c8-5-1-6(3-10)9-7(2-5)4-11/h1-2,10-11H,3-4H2/i3D2,4D2. The molecule has 4 heteroatoms. The fourth-order valence-electron chi connectivity index (χ4n) is 0.612. The minimum absolute atomic E-state index is 0.318. The molecule has 2 N–H and O–H groups in total. The second-order valence-electron chi connectivity index (χ2n) is 1.78. The van der Waals surface area contributed by atoms with Crippen LogP contribution in [0.4, 0.5) is 0 Å². The largest absolute Gasteiger partial charge is 0.390 e. The second kappa shape index (κ2) is 3.80. The molecule has 0 aliphatic rings. The summed E-state index contributed by atoms with van der Waals surface area (Å²) in [5.41, 5.74) is -0.741. The number of halogens is 1. The molecule has 0 unspecified atom stereocenters. The predicted molar refractivity (Wildman–Crippen MR) is 43.8 cm³/mol. The highest BCUT2D eigenvalue weighted by atomic mass is 79.9. The summed E-state index contributed by atoms with van der Waals surface area (Å²) in [6.07, 6.45) is 0. The van der Waals surface area contributed by atoms with Crippen molar-refractivity contribution in [2.45, 2.75) is 13.1 Å². The summed E-state index contributed by atoms with van der Waals surface area (Å²) in [5.74, 6) is 0. The van der Waals surface area contributed by atoms with Crippen molar-refractivity contribution in [1.82, 2.24) is 4.98 Å². The van der Waals surface area contributed by atoms with Crippen LogP contribution in [-0.4, -0.2) is 15.2 Å². The lowest BCUT2D eigenvalue weighted by Crippen LogP contribution is -1.95. The molecule has 0 atom stereocenters. The highest BCUT2D eigenvalue weighted by molar-refractivity contribution is 9.10. The summed E-state index contributed by atoms with van der Waals surface area (Å²) in [5, 5.41) is 18.1. The van der Waals surface area contributed by atoms with E-state index < -0.39 is 13.1 Å².